The molecule has 4 rings (SSSR count). The lowest BCUT2D eigenvalue weighted by Gasteiger charge is -2.06. The number of nitrogens with zero attached hydrogens (tertiary/aromatic N) is 2. The van der Waals surface area contributed by atoms with Crippen LogP contribution in [0.1, 0.15) is 5.56 Å². The van der Waals surface area contributed by atoms with Gasteiger partial charge in [0.2, 0.25) is 0 Å². The Bertz CT molecular complexity index is 987. The molecule has 112 valence electrons. The molecular weight excluding hydrogens is 284 g/mol. The van der Waals surface area contributed by atoms with Crippen LogP contribution in [0.25, 0.3) is 33.5 Å². The second kappa shape index (κ2) is 5.25. The first-order valence-electron chi connectivity index (χ1n) is 7.49. The molecule has 4 heteroatoms. The summed E-state index contributed by atoms with van der Waals surface area (Å²) in [6.45, 7) is 2.05. The predicted molar refractivity (Wildman–Crippen MR) is 93.9 cm³/mol. The van der Waals surface area contributed by atoms with Gasteiger partial charge in [0.25, 0.3) is 0 Å². The number of nitrogen functional groups attached to an aromatic ring is 1. The molecule has 2 heterocycles. The van der Waals surface area contributed by atoms with E-state index in [0.29, 0.717) is 5.82 Å². The topological polar surface area (TPSA) is 67.6 Å². The monoisotopic (exact) mass is 300 g/mol. The molecule has 0 unspecified atom stereocenters. The van der Waals surface area contributed by atoms with E-state index < -0.39 is 0 Å². The number of fused-ring (bicyclic) bond motifs is 1. The lowest BCUT2D eigenvalue weighted by Crippen LogP contribution is -1.96. The highest BCUT2D eigenvalue weighted by Gasteiger charge is 2.12. The van der Waals surface area contributed by atoms with Gasteiger partial charge in [-0.15, -0.1) is 0 Å². The number of para-hydroxylation sites is 1. The minimum Gasteiger partial charge on any atom is -0.383 e. The number of H-pyrrole nitrogens is 1. The van der Waals surface area contributed by atoms with Crippen LogP contribution in [0.5, 0.6) is 0 Å². The first-order valence-corrected chi connectivity index (χ1v) is 7.49. The first-order chi connectivity index (χ1) is 11.2. The van der Waals surface area contributed by atoms with Crippen molar-refractivity contribution in [2.24, 2.45) is 0 Å². The molecule has 0 radical (unpaired) electrons. The summed E-state index contributed by atoms with van der Waals surface area (Å²) >= 11 is 0. The van der Waals surface area contributed by atoms with Gasteiger partial charge in [-0.25, -0.2) is 9.97 Å². The molecule has 0 atom stereocenters. The third-order valence-electron chi connectivity index (χ3n) is 4.00. The van der Waals surface area contributed by atoms with E-state index in [1.54, 1.807) is 6.20 Å². The Labute approximate surface area is 134 Å². The molecule has 3 N–H and O–H groups in total. The SMILES string of the molecule is Cc1cccc2[nH]c(-c3cc(-c4ccccc4)cnc3N)nc12. The van der Waals surface area contributed by atoms with E-state index in [4.69, 9.17) is 10.7 Å². The van der Waals surface area contributed by atoms with Crippen molar-refractivity contribution >= 4 is 16.9 Å². The van der Waals surface area contributed by atoms with E-state index in [1.165, 1.54) is 0 Å². The molecule has 2 aromatic heterocycles. The van der Waals surface area contributed by atoms with E-state index in [0.717, 1.165) is 39.1 Å². The van der Waals surface area contributed by atoms with Gasteiger partial charge in [-0.1, -0.05) is 42.5 Å². The van der Waals surface area contributed by atoms with E-state index in [2.05, 4.69) is 35.1 Å². The van der Waals surface area contributed by atoms with Gasteiger partial charge in [-0.2, -0.15) is 0 Å². The fourth-order valence-corrected chi connectivity index (χ4v) is 2.76. The predicted octanol–water partition coefficient (Wildman–Crippen LogP) is 4.18. The van der Waals surface area contributed by atoms with Crippen LogP contribution in [0.2, 0.25) is 0 Å². The molecular formula is C19H16N4. The Morgan fingerprint density at radius 1 is 0.957 bits per heavy atom. The van der Waals surface area contributed by atoms with Crippen LogP contribution in [-0.2, 0) is 0 Å². The van der Waals surface area contributed by atoms with Crippen LogP contribution in [-0.4, -0.2) is 15.0 Å². The van der Waals surface area contributed by atoms with Crippen LogP contribution in [0.3, 0.4) is 0 Å². The molecule has 0 bridgehead atoms. The third kappa shape index (κ3) is 2.34. The molecule has 0 spiro atoms. The van der Waals surface area contributed by atoms with Gasteiger partial charge in [0.05, 0.1) is 16.6 Å². The molecule has 2 aromatic carbocycles. The summed E-state index contributed by atoms with van der Waals surface area (Å²) < 4.78 is 0. The van der Waals surface area contributed by atoms with Crippen molar-refractivity contribution in [1.29, 1.82) is 0 Å². The van der Waals surface area contributed by atoms with Crippen molar-refractivity contribution in [2.75, 3.05) is 5.73 Å². The van der Waals surface area contributed by atoms with Gasteiger partial charge >= 0.3 is 0 Å². The van der Waals surface area contributed by atoms with Crippen molar-refractivity contribution in [2.45, 2.75) is 6.92 Å². The van der Waals surface area contributed by atoms with Crippen LogP contribution in [0.15, 0.2) is 60.8 Å². The molecule has 0 amide bonds. The molecule has 0 aliphatic rings. The summed E-state index contributed by atoms with van der Waals surface area (Å²) in [6.07, 6.45) is 1.79. The molecule has 4 aromatic rings. The van der Waals surface area contributed by atoms with E-state index in [9.17, 15) is 0 Å². The summed E-state index contributed by atoms with van der Waals surface area (Å²) in [4.78, 5) is 12.4. The number of nitrogens with two attached hydrogens (primary N) is 1. The molecule has 0 fully saturated rings. The fraction of sp³-hybridized carbons (Fsp3) is 0.0526. The average molecular weight is 300 g/mol. The maximum atomic E-state index is 6.09. The number of anilines is 1. The highest BCUT2D eigenvalue weighted by atomic mass is 14.9. The van der Waals surface area contributed by atoms with Crippen LogP contribution in [0, 0.1) is 6.92 Å². The summed E-state index contributed by atoms with van der Waals surface area (Å²) in [5.74, 6) is 1.22. The minimum atomic E-state index is 0.474. The number of nitrogens with one attached hydrogen (secondary N) is 1. The van der Waals surface area contributed by atoms with Gasteiger partial charge in [-0.05, 0) is 30.2 Å². The zero-order chi connectivity index (χ0) is 15.8. The smallest absolute Gasteiger partial charge is 0.142 e. The highest BCUT2D eigenvalue weighted by Crippen LogP contribution is 2.29. The Hall–Kier alpha value is -3.14. The zero-order valence-corrected chi connectivity index (χ0v) is 12.7. The number of hydrogen-bond acceptors (Lipinski definition) is 3. The Morgan fingerprint density at radius 3 is 2.57 bits per heavy atom. The largest absolute Gasteiger partial charge is 0.383 e. The number of hydrogen-bond donors (Lipinski definition) is 2. The summed E-state index contributed by atoms with van der Waals surface area (Å²) in [5, 5.41) is 0. The molecule has 0 saturated carbocycles. The number of benzene rings is 2. The highest BCUT2D eigenvalue weighted by molar-refractivity contribution is 5.85. The second-order valence-electron chi connectivity index (χ2n) is 5.58. The lowest BCUT2D eigenvalue weighted by molar-refractivity contribution is 1.28. The van der Waals surface area contributed by atoms with Crippen LogP contribution in [0.4, 0.5) is 5.82 Å². The van der Waals surface area contributed by atoms with E-state index in [1.807, 2.05) is 36.4 Å². The van der Waals surface area contributed by atoms with Gasteiger partial charge in [0.1, 0.15) is 11.6 Å². The maximum absolute atomic E-state index is 6.09. The summed E-state index contributed by atoms with van der Waals surface area (Å²) in [6, 6.07) is 18.2. The summed E-state index contributed by atoms with van der Waals surface area (Å²) in [5.41, 5.74) is 12.1. The third-order valence-corrected chi connectivity index (χ3v) is 4.00. The van der Waals surface area contributed by atoms with Crippen molar-refractivity contribution < 1.29 is 0 Å². The molecule has 0 saturated heterocycles. The molecule has 0 aliphatic carbocycles. The number of pyridine rings is 1. The van der Waals surface area contributed by atoms with E-state index in [-0.39, 0.29) is 0 Å². The Morgan fingerprint density at radius 2 is 1.78 bits per heavy atom. The second-order valence-corrected chi connectivity index (χ2v) is 5.58. The minimum absolute atomic E-state index is 0.474. The summed E-state index contributed by atoms with van der Waals surface area (Å²) in [7, 11) is 0. The number of aromatic amines is 1. The maximum Gasteiger partial charge on any atom is 0.142 e. The first kappa shape index (κ1) is 13.5. The number of rotatable bonds is 2. The van der Waals surface area contributed by atoms with Crippen LogP contribution >= 0.6 is 0 Å². The normalized spacial score (nSPS) is 11.0. The number of aryl methyl sites for hydroxylation is 1. The quantitative estimate of drug-likeness (QED) is 0.583. The average Bonchev–Trinajstić information content (AvgIpc) is 3.01. The van der Waals surface area contributed by atoms with Crippen molar-refractivity contribution in [3.05, 3.63) is 66.4 Å². The number of aromatic nitrogens is 3. The molecule has 0 aliphatic heterocycles. The van der Waals surface area contributed by atoms with Crippen LogP contribution < -0.4 is 5.73 Å². The Kier molecular flexibility index (Phi) is 3.08. The standard InChI is InChI=1S/C19H16N4/c1-12-6-5-9-16-17(12)23-19(22-16)15-10-14(11-21-18(15)20)13-7-3-2-4-8-13/h2-11H,1H3,(H2,20,21)(H,22,23). The van der Waals surface area contributed by atoms with Crippen molar-refractivity contribution in [1.82, 2.24) is 15.0 Å². The number of imidazole rings is 1. The van der Waals surface area contributed by atoms with Gasteiger partial charge in [0, 0.05) is 11.8 Å². The fourth-order valence-electron chi connectivity index (χ4n) is 2.76. The molecule has 4 nitrogen and oxygen atoms in total. The Balaban J connectivity index is 1.88. The van der Waals surface area contributed by atoms with E-state index >= 15 is 0 Å². The van der Waals surface area contributed by atoms with Gasteiger partial charge < -0.3 is 10.7 Å². The van der Waals surface area contributed by atoms with Crippen molar-refractivity contribution in [3.8, 4) is 22.5 Å². The van der Waals surface area contributed by atoms with Gasteiger partial charge in [-0.3, -0.25) is 0 Å². The lowest BCUT2D eigenvalue weighted by atomic mass is 10.1. The molecule has 23 heavy (non-hydrogen) atoms. The van der Waals surface area contributed by atoms with Crippen molar-refractivity contribution in [3.63, 3.8) is 0 Å². The zero-order valence-electron chi connectivity index (χ0n) is 12.7. The van der Waals surface area contributed by atoms with Gasteiger partial charge in [0.15, 0.2) is 0 Å².